The van der Waals surface area contributed by atoms with Gasteiger partial charge in [0.2, 0.25) is 0 Å². The van der Waals surface area contributed by atoms with Gasteiger partial charge in [-0.25, -0.2) is 0 Å². The Morgan fingerprint density at radius 3 is 1.85 bits per heavy atom. The zero-order chi connectivity index (χ0) is 21.2. The Labute approximate surface area is 164 Å². The first-order valence-electron chi connectivity index (χ1n) is 9.47. The van der Waals surface area contributed by atoms with E-state index >= 15 is 0 Å². The van der Waals surface area contributed by atoms with Crippen LogP contribution >= 0.6 is 7.60 Å². The van der Waals surface area contributed by atoms with Gasteiger partial charge in [0.05, 0.1) is 12.2 Å². The summed E-state index contributed by atoms with van der Waals surface area (Å²) in [5.41, 5.74) is 1.66. The maximum atomic E-state index is 13.2. The lowest BCUT2D eigenvalue weighted by Crippen LogP contribution is -2.28. The number of benzene rings is 1. The Balaban J connectivity index is 3.26. The highest BCUT2D eigenvalue weighted by atomic mass is 31.2. The molecule has 1 aromatic rings. The third-order valence-electron chi connectivity index (χ3n) is 3.96. The number of hydrogen-bond donors (Lipinski definition) is 0. The molecule has 0 saturated heterocycles. The highest BCUT2D eigenvalue weighted by Gasteiger charge is 2.41. The van der Waals surface area contributed by atoms with E-state index in [-0.39, 0.29) is 17.6 Å². The third kappa shape index (κ3) is 6.44. The molecule has 0 bridgehead atoms. The molecule has 1 atom stereocenters. The molecular weight excluding hydrogens is 363 g/mol. The standard InChI is InChI=1S/C21H35O5P/c1-13(2)25-27(23,26-14(3)4)17(7)20(22)24-19-16(6)11-15(5)12-18(19)21(8,9)10/h11-14,17H,1-10H3. The van der Waals surface area contributed by atoms with Gasteiger partial charge in [-0.15, -0.1) is 0 Å². The van der Waals surface area contributed by atoms with Crippen LogP contribution in [-0.2, 0) is 23.8 Å². The monoisotopic (exact) mass is 398 g/mol. The third-order valence-corrected chi connectivity index (χ3v) is 6.55. The molecule has 1 rings (SSSR count). The molecule has 0 saturated carbocycles. The second-order valence-electron chi connectivity index (χ2n) is 8.65. The van der Waals surface area contributed by atoms with E-state index in [1.165, 1.54) is 6.92 Å². The second-order valence-corrected chi connectivity index (χ2v) is 10.9. The average Bonchev–Trinajstić information content (AvgIpc) is 2.45. The summed E-state index contributed by atoms with van der Waals surface area (Å²) in [4.78, 5) is 12.9. The Bertz CT molecular complexity index is 702. The minimum absolute atomic E-state index is 0.206. The zero-order valence-corrected chi connectivity index (χ0v) is 19.3. The van der Waals surface area contributed by atoms with Crippen LogP contribution in [0.2, 0.25) is 0 Å². The fourth-order valence-electron chi connectivity index (χ4n) is 2.76. The van der Waals surface area contributed by atoms with Crippen LogP contribution in [0.15, 0.2) is 12.1 Å². The quantitative estimate of drug-likeness (QED) is 0.323. The van der Waals surface area contributed by atoms with Crippen LogP contribution in [-0.4, -0.2) is 23.8 Å². The Morgan fingerprint density at radius 1 is 0.963 bits per heavy atom. The zero-order valence-electron chi connectivity index (χ0n) is 18.4. The van der Waals surface area contributed by atoms with Crippen molar-refractivity contribution in [1.29, 1.82) is 0 Å². The SMILES string of the molecule is Cc1cc(C)c(OC(=O)C(C)P(=O)(OC(C)C)OC(C)C)c(C(C)(C)C)c1. The molecule has 0 heterocycles. The van der Waals surface area contributed by atoms with Crippen LogP contribution in [0.4, 0.5) is 0 Å². The molecule has 0 N–H and O–H groups in total. The number of esters is 1. The molecule has 27 heavy (non-hydrogen) atoms. The van der Waals surface area contributed by atoms with Crippen molar-refractivity contribution in [1.82, 2.24) is 0 Å². The Hall–Kier alpha value is -1.16. The largest absolute Gasteiger partial charge is 0.425 e. The molecular formula is C21H35O5P. The fourth-order valence-corrected chi connectivity index (χ4v) is 4.66. The molecule has 6 heteroatoms. The predicted molar refractivity (Wildman–Crippen MR) is 110 cm³/mol. The van der Waals surface area contributed by atoms with E-state index in [0.717, 1.165) is 16.7 Å². The summed E-state index contributed by atoms with van der Waals surface area (Å²) < 4.78 is 30.1. The van der Waals surface area contributed by atoms with Crippen LogP contribution in [0.5, 0.6) is 5.75 Å². The van der Waals surface area contributed by atoms with Crippen molar-refractivity contribution in [2.24, 2.45) is 0 Å². The first kappa shape index (κ1) is 23.9. The highest BCUT2D eigenvalue weighted by Crippen LogP contribution is 2.55. The first-order chi connectivity index (χ1) is 12.2. The molecule has 0 amide bonds. The summed E-state index contributed by atoms with van der Waals surface area (Å²) in [5, 5.41) is 0. The number of hydrogen-bond acceptors (Lipinski definition) is 5. The van der Waals surface area contributed by atoms with Gasteiger partial charge < -0.3 is 13.8 Å². The normalized spacial score (nSPS) is 13.9. The number of ether oxygens (including phenoxy) is 1. The number of carbonyl (C=O) groups is 1. The molecule has 0 aliphatic carbocycles. The summed E-state index contributed by atoms with van der Waals surface area (Å²) in [5.74, 6) is -0.0947. The molecule has 1 unspecified atom stereocenters. The van der Waals surface area contributed by atoms with Crippen LogP contribution in [0.3, 0.4) is 0 Å². The Kier molecular flexibility index (Phi) is 7.87. The molecule has 154 valence electrons. The van der Waals surface area contributed by atoms with Gasteiger partial charge in [0, 0.05) is 5.56 Å². The van der Waals surface area contributed by atoms with Gasteiger partial charge in [0.1, 0.15) is 5.75 Å². The molecule has 0 aromatic heterocycles. The highest BCUT2D eigenvalue weighted by molar-refractivity contribution is 7.55. The van der Waals surface area contributed by atoms with Crippen molar-refractivity contribution in [3.63, 3.8) is 0 Å². The van der Waals surface area contributed by atoms with Crippen molar-refractivity contribution in [2.75, 3.05) is 0 Å². The summed E-state index contributed by atoms with van der Waals surface area (Å²) >= 11 is 0. The van der Waals surface area contributed by atoms with Gasteiger partial charge in [0.15, 0.2) is 5.66 Å². The molecule has 0 spiro atoms. The lowest BCUT2D eigenvalue weighted by Gasteiger charge is -2.28. The van der Waals surface area contributed by atoms with Gasteiger partial charge in [-0.2, -0.15) is 0 Å². The van der Waals surface area contributed by atoms with Crippen LogP contribution < -0.4 is 4.74 Å². The number of aryl methyl sites for hydroxylation is 2. The summed E-state index contributed by atoms with van der Waals surface area (Å²) in [6.45, 7) is 18.7. The van der Waals surface area contributed by atoms with E-state index in [1.807, 2.05) is 26.0 Å². The van der Waals surface area contributed by atoms with Crippen molar-refractivity contribution < 1.29 is 23.1 Å². The topological polar surface area (TPSA) is 61.8 Å². The predicted octanol–water partition coefficient (Wildman–Crippen LogP) is 5.94. The van der Waals surface area contributed by atoms with Crippen LogP contribution in [0.1, 0.15) is 72.1 Å². The van der Waals surface area contributed by atoms with Gasteiger partial charge in [0.25, 0.3) is 0 Å². The minimum atomic E-state index is -3.67. The van der Waals surface area contributed by atoms with E-state index in [9.17, 15) is 9.36 Å². The van der Waals surface area contributed by atoms with Crippen molar-refractivity contribution in [2.45, 2.75) is 92.5 Å². The fraction of sp³-hybridized carbons (Fsp3) is 0.667. The first-order valence-corrected chi connectivity index (χ1v) is 11.1. The molecule has 0 fully saturated rings. The number of carbonyl (C=O) groups excluding carboxylic acids is 1. The molecule has 0 radical (unpaired) electrons. The van der Waals surface area contributed by atoms with Crippen LogP contribution in [0.25, 0.3) is 0 Å². The molecule has 0 aliphatic heterocycles. The van der Waals surface area contributed by atoms with E-state index in [2.05, 4.69) is 20.8 Å². The molecule has 1 aromatic carbocycles. The van der Waals surface area contributed by atoms with Gasteiger partial charge in [-0.05, 0) is 59.4 Å². The van der Waals surface area contributed by atoms with E-state index in [1.54, 1.807) is 27.7 Å². The van der Waals surface area contributed by atoms with Gasteiger partial charge in [-0.3, -0.25) is 9.36 Å². The van der Waals surface area contributed by atoms with E-state index in [4.69, 9.17) is 13.8 Å². The van der Waals surface area contributed by atoms with E-state index in [0.29, 0.717) is 5.75 Å². The van der Waals surface area contributed by atoms with Crippen molar-refractivity contribution in [3.8, 4) is 5.75 Å². The van der Waals surface area contributed by atoms with Crippen LogP contribution in [0, 0.1) is 13.8 Å². The van der Waals surface area contributed by atoms with Gasteiger partial charge >= 0.3 is 13.6 Å². The molecule has 0 aliphatic rings. The summed E-state index contributed by atoms with van der Waals surface area (Å²) in [6.07, 6.45) is -0.674. The number of rotatable bonds is 7. The van der Waals surface area contributed by atoms with Crippen molar-refractivity contribution in [3.05, 3.63) is 28.8 Å². The Morgan fingerprint density at radius 2 is 1.44 bits per heavy atom. The maximum Gasteiger partial charge on any atom is 0.345 e. The second kappa shape index (κ2) is 8.89. The van der Waals surface area contributed by atoms with Crippen molar-refractivity contribution >= 4 is 13.6 Å². The summed E-state index contributed by atoms with van der Waals surface area (Å²) in [7, 11) is -3.67. The van der Waals surface area contributed by atoms with Gasteiger partial charge in [-0.1, -0.05) is 38.5 Å². The lowest BCUT2D eigenvalue weighted by atomic mass is 9.84. The maximum absolute atomic E-state index is 13.2. The summed E-state index contributed by atoms with van der Waals surface area (Å²) in [6, 6.07) is 3.99. The van der Waals surface area contributed by atoms with E-state index < -0.39 is 19.2 Å². The average molecular weight is 398 g/mol. The lowest BCUT2D eigenvalue weighted by molar-refractivity contribution is -0.134. The smallest absolute Gasteiger partial charge is 0.345 e. The molecule has 5 nitrogen and oxygen atoms in total. The minimum Gasteiger partial charge on any atom is -0.425 e.